The minimum atomic E-state index is -0.869. The highest BCUT2D eigenvalue weighted by molar-refractivity contribution is 8.04. The van der Waals surface area contributed by atoms with Crippen molar-refractivity contribution in [2.24, 2.45) is 0 Å². The molecule has 1 unspecified atom stereocenters. The van der Waals surface area contributed by atoms with Crippen molar-refractivity contribution in [2.75, 3.05) is 10.6 Å². The van der Waals surface area contributed by atoms with Crippen LogP contribution in [0.1, 0.15) is 42.5 Å². The molecule has 8 rings (SSSR count). The summed E-state index contributed by atoms with van der Waals surface area (Å²) in [5, 5.41) is 30.9. The Hall–Kier alpha value is -7.52. The van der Waals surface area contributed by atoms with Gasteiger partial charge in [-0.25, -0.2) is 9.97 Å². The number of aliphatic hydroxyl groups is 1. The number of anilines is 4. The summed E-state index contributed by atoms with van der Waals surface area (Å²) in [4.78, 5) is 35.2. The molecule has 4 aromatic heterocycles. The van der Waals surface area contributed by atoms with Crippen molar-refractivity contribution in [3.8, 4) is 17.4 Å². The maximum absolute atomic E-state index is 13.1. The molecular formula is C50H45N7O3S. The molecule has 0 radical (unpaired) electrons. The molecule has 61 heavy (non-hydrogen) atoms. The Labute approximate surface area is 358 Å². The number of para-hydroxylation sites is 4. The van der Waals surface area contributed by atoms with Crippen LogP contribution in [0.25, 0.3) is 33.4 Å². The second-order valence-electron chi connectivity index (χ2n) is 13.3. The normalized spacial score (nSPS) is 11.1. The van der Waals surface area contributed by atoms with Crippen molar-refractivity contribution in [1.82, 2.24) is 19.1 Å². The number of hydrogen-bond acceptors (Lipinski definition) is 9. The van der Waals surface area contributed by atoms with Crippen molar-refractivity contribution >= 4 is 56.8 Å². The first kappa shape index (κ1) is 43.1. The molecular weight excluding hydrogens is 779 g/mol. The fraction of sp³-hybridized carbons (Fsp3) is 0.100. The van der Waals surface area contributed by atoms with Crippen molar-refractivity contribution in [3.05, 3.63) is 212 Å². The van der Waals surface area contributed by atoms with Gasteiger partial charge in [0.05, 0.1) is 28.1 Å². The predicted molar refractivity (Wildman–Crippen MR) is 252 cm³/mol. The van der Waals surface area contributed by atoms with Crippen molar-refractivity contribution < 1.29 is 5.11 Å². The second kappa shape index (κ2) is 20.4. The molecule has 4 aromatic carbocycles. The Morgan fingerprint density at radius 3 is 1.54 bits per heavy atom. The molecule has 0 aliphatic carbocycles. The highest BCUT2D eigenvalue weighted by Crippen LogP contribution is 2.29. The number of pyridine rings is 4. The van der Waals surface area contributed by atoms with E-state index in [4.69, 9.17) is 4.98 Å². The van der Waals surface area contributed by atoms with Crippen LogP contribution in [-0.4, -0.2) is 24.2 Å². The number of aryl methyl sites for hydroxylation is 2. The number of thioether (sulfide) groups is 1. The standard InChI is InChI=1S/C26H23N3O2S.C22H16N4O.C2H6/c1-3-32-15-14-23(30)21-16-22-24(31)17-25(28-19-10-6-4-7-11-19)29(26(22)27-18(21)2)20-12-8-5-9-13-20;1-15-16(14-23)12-19-20(27)13-21(25-17-8-4-2-5-9-17)26(22(19)24-15)18-10-6-3-7-11-18;1-2/h3-17,23,28,30H,1H2,2H3;2-13,25H,1H3;1-2H3/b15-14+;;. The average molecular weight is 824 g/mol. The van der Waals surface area contributed by atoms with Crippen LogP contribution in [0.4, 0.5) is 23.0 Å². The first-order valence-electron chi connectivity index (χ1n) is 19.7. The number of nitrogens with one attached hydrogen (secondary N) is 2. The maximum Gasteiger partial charge on any atom is 0.193 e. The van der Waals surface area contributed by atoms with E-state index in [2.05, 4.69) is 28.3 Å². The topological polar surface area (TPSA) is 138 Å². The van der Waals surface area contributed by atoms with E-state index < -0.39 is 6.10 Å². The van der Waals surface area contributed by atoms with E-state index in [1.54, 1.807) is 48.1 Å². The first-order valence-corrected chi connectivity index (χ1v) is 20.6. The van der Waals surface area contributed by atoms with Gasteiger partial charge >= 0.3 is 0 Å². The van der Waals surface area contributed by atoms with Gasteiger partial charge in [-0.05, 0) is 91.4 Å². The number of hydrogen-bond donors (Lipinski definition) is 3. The minimum Gasteiger partial charge on any atom is -0.384 e. The van der Waals surface area contributed by atoms with Crippen LogP contribution in [0.5, 0.6) is 0 Å². The van der Waals surface area contributed by atoms with Gasteiger partial charge in [0, 0.05) is 46.1 Å². The van der Waals surface area contributed by atoms with Gasteiger partial charge in [0.1, 0.15) is 29.0 Å². The lowest BCUT2D eigenvalue weighted by atomic mass is 10.1. The van der Waals surface area contributed by atoms with Crippen molar-refractivity contribution in [2.45, 2.75) is 33.8 Å². The Kier molecular flexibility index (Phi) is 14.4. The second-order valence-corrected chi connectivity index (χ2v) is 14.2. The summed E-state index contributed by atoms with van der Waals surface area (Å²) in [7, 11) is 0. The number of nitriles is 1. The number of fused-ring (bicyclic) bond motifs is 2. The highest BCUT2D eigenvalue weighted by atomic mass is 32.2. The third kappa shape index (κ3) is 10.0. The minimum absolute atomic E-state index is 0.170. The number of aliphatic hydroxyl groups excluding tert-OH is 1. The van der Waals surface area contributed by atoms with E-state index >= 15 is 0 Å². The third-order valence-electron chi connectivity index (χ3n) is 9.39. The molecule has 3 N–H and O–H groups in total. The SMILES string of the molecule is C=CS/C=C/C(O)c1cc2c(=O)cc(Nc3ccccc3)n(-c3ccccc3)c2nc1C.CC.Cc1nc2c(cc1C#N)c(=O)cc(Nc1ccccc1)n2-c1ccccc1. The summed E-state index contributed by atoms with van der Waals surface area (Å²) in [6.07, 6.45) is 0.787. The molecule has 0 bridgehead atoms. The monoisotopic (exact) mass is 823 g/mol. The van der Waals surface area contributed by atoms with Crippen LogP contribution < -0.4 is 21.5 Å². The molecule has 8 aromatic rings. The fourth-order valence-electron chi connectivity index (χ4n) is 6.56. The molecule has 0 spiro atoms. The zero-order valence-corrected chi connectivity index (χ0v) is 35.1. The molecule has 1 atom stereocenters. The number of nitrogens with zero attached hydrogens (tertiary/aromatic N) is 5. The van der Waals surface area contributed by atoms with Crippen LogP contribution in [0.3, 0.4) is 0 Å². The highest BCUT2D eigenvalue weighted by Gasteiger charge is 2.18. The Bertz CT molecular complexity index is 2970. The summed E-state index contributed by atoms with van der Waals surface area (Å²) in [6, 6.07) is 47.4. The van der Waals surface area contributed by atoms with Gasteiger partial charge in [-0.3, -0.25) is 18.7 Å². The number of rotatable bonds is 10. The molecule has 0 saturated carbocycles. The van der Waals surface area contributed by atoms with Crippen LogP contribution in [0.2, 0.25) is 0 Å². The van der Waals surface area contributed by atoms with E-state index in [-0.39, 0.29) is 10.9 Å². The molecule has 0 fully saturated rings. The molecule has 11 heteroatoms. The zero-order chi connectivity index (χ0) is 43.3. The summed E-state index contributed by atoms with van der Waals surface area (Å²) < 4.78 is 3.83. The lowest BCUT2D eigenvalue weighted by Gasteiger charge is -2.19. The van der Waals surface area contributed by atoms with Gasteiger partial charge in [0.25, 0.3) is 0 Å². The van der Waals surface area contributed by atoms with Crippen LogP contribution in [0, 0.1) is 25.2 Å². The van der Waals surface area contributed by atoms with Crippen molar-refractivity contribution in [3.63, 3.8) is 0 Å². The van der Waals surface area contributed by atoms with E-state index in [0.29, 0.717) is 56.2 Å². The van der Waals surface area contributed by atoms with Crippen LogP contribution in [-0.2, 0) is 0 Å². The quantitative estimate of drug-likeness (QED) is 0.123. The first-order chi connectivity index (χ1) is 29.7. The lowest BCUT2D eigenvalue weighted by Crippen LogP contribution is -2.15. The van der Waals surface area contributed by atoms with E-state index in [1.165, 1.54) is 11.8 Å². The summed E-state index contributed by atoms with van der Waals surface area (Å²) in [6.45, 7) is 11.3. The van der Waals surface area contributed by atoms with Crippen molar-refractivity contribution in [1.29, 1.82) is 5.26 Å². The molecule has 304 valence electrons. The van der Waals surface area contributed by atoms with Gasteiger partial charge < -0.3 is 15.7 Å². The Morgan fingerprint density at radius 2 is 1.10 bits per heavy atom. The summed E-state index contributed by atoms with van der Waals surface area (Å²) >= 11 is 1.38. The number of benzene rings is 4. The van der Waals surface area contributed by atoms with E-state index in [9.17, 15) is 20.0 Å². The molecule has 10 nitrogen and oxygen atoms in total. The van der Waals surface area contributed by atoms with Gasteiger partial charge in [-0.1, -0.05) is 93.2 Å². The van der Waals surface area contributed by atoms with E-state index in [0.717, 1.165) is 22.7 Å². The van der Waals surface area contributed by atoms with Gasteiger partial charge in [0.15, 0.2) is 10.9 Å². The maximum atomic E-state index is 13.1. The predicted octanol–water partition coefficient (Wildman–Crippen LogP) is 11.2. The lowest BCUT2D eigenvalue weighted by molar-refractivity contribution is 0.228. The van der Waals surface area contributed by atoms with Crippen LogP contribution in [0.15, 0.2) is 179 Å². The largest absolute Gasteiger partial charge is 0.384 e. The average Bonchev–Trinajstić information content (AvgIpc) is 3.28. The summed E-state index contributed by atoms with van der Waals surface area (Å²) in [5.74, 6) is 1.23. The molecule has 0 amide bonds. The van der Waals surface area contributed by atoms with E-state index in [1.807, 2.05) is 151 Å². The van der Waals surface area contributed by atoms with Gasteiger partial charge in [0.2, 0.25) is 0 Å². The van der Waals surface area contributed by atoms with Gasteiger partial charge in [-0.15, -0.1) is 11.8 Å². The summed E-state index contributed by atoms with van der Waals surface area (Å²) in [5.41, 5.74) is 6.41. The third-order valence-corrected chi connectivity index (χ3v) is 9.90. The smallest absolute Gasteiger partial charge is 0.193 e. The van der Waals surface area contributed by atoms with Crippen LogP contribution >= 0.6 is 11.8 Å². The Morgan fingerprint density at radius 1 is 0.672 bits per heavy atom. The zero-order valence-electron chi connectivity index (χ0n) is 34.3. The Balaban J connectivity index is 0.000000199. The molecule has 0 aliphatic rings. The molecule has 0 aliphatic heterocycles. The van der Waals surface area contributed by atoms with Gasteiger partial charge in [-0.2, -0.15) is 5.26 Å². The number of aromatic nitrogens is 4. The fourth-order valence-corrected chi connectivity index (χ4v) is 6.91. The molecule has 4 heterocycles. The molecule has 0 saturated heterocycles.